The molecule has 5 heteroatoms. The summed E-state index contributed by atoms with van der Waals surface area (Å²) in [5.74, 6) is 0.828. The van der Waals surface area contributed by atoms with Gasteiger partial charge in [0.1, 0.15) is 13.7 Å². The van der Waals surface area contributed by atoms with E-state index in [1.807, 2.05) is 25.1 Å². The van der Waals surface area contributed by atoms with Gasteiger partial charge in [0.25, 0.3) is 0 Å². The quantitative estimate of drug-likeness (QED) is 0.807. The second-order valence-corrected chi connectivity index (χ2v) is 5.64. The van der Waals surface area contributed by atoms with Crippen molar-refractivity contribution in [2.45, 2.75) is 44.7 Å². The van der Waals surface area contributed by atoms with E-state index < -0.39 is 0 Å². The zero-order valence-electron chi connectivity index (χ0n) is 11.8. The highest BCUT2D eigenvalue weighted by Crippen LogP contribution is 2.22. The molecule has 2 atom stereocenters. The van der Waals surface area contributed by atoms with Crippen LogP contribution >= 0.6 is 0 Å². The molecule has 4 nitrogen and oxygen atoms in total. The van der Waals surface area contributed by atoms with Crippen molar-refractivity contribution in [1.82, 2.24) is 9.97 Å². The largest absolute Gasteiger partial charge is 0.366 e. The Morgan fingerprint density at radius 2 is 2.15 bits per heavy atom. The van der Waals surface area contributed by atoms with Gasteiger partial charge in [0, 0.05) is 12.1 Å². The average Bonchev–Trinajstić information content (AvgIpc) is 2.41. The van der Waals surface area contributed by atoms with Crippen molar-refractivity contribution in [1.29, 1.82) is 0 Å². The molecule has 0 bridgehead atoms. The summed E-state index contributed by atoms with van der Waals surface area (Å²) < 4.78 is 0. The average molecular weight is 266 g/mol. The Balaban J connectivity index is 1.91. The van der Waals surface area contributed by atoms with Crippen molar-refractivity contribution in [2.24, 2.45) is 5.73 Å². The number of aromatic nitrogens is 2. The monoisotopic (exact) mass is 266 g/mol. The number of aryl methyl sites for hydroxylation is 1. The first-order valence-electron chi connectivity index (χ1n) is 7.18. The molecule has 1 aromatic heterocycles. The summed E-state index contributed by atoms with van der Waals surface area (Å²) in [6.45, 7) is 1.97. The lowest BCUT2D eigenvalue weighted by Crippen LogP contribution is -2.35. The number of anilines is 1. The molecule has 1 aliphatic carbocycles. The molecule has 1 saturated carbocycles. The second-order valence-electron chi connectivity index (χ2n) is 5.64. The number of fused-ring (bicyclic) bond motifs is 1. The minimum Gasteiger partial charge on any atom is -0.366 e. The lowest BCUT2D eigenvalue weighted by atomic mass is 9.91. The van der Waals surface area contributed by atoms with E-state index >= 15 is 0 Å². The minimum absolute atomic E-state index is 0.292. The summed E-state index contributed by atoms with van der Waals surface area (Å²) in [6.07, 6.45) is 4.41. The predicted molar refractivity (Wildman–Crippen MR) is 83.5 cm³/mol. The normalized spacial score (nSPS) is 22.9. The van der Waals surface area contributed by atoms with E-state index in [0.29, 0.717) is 17.5 Å². The van der Waals surface area contributed by atoms with Gasteiger partial charge in [-0.25, -0.2) is 9.97 Å². The third kappa shape index (κ3) is 2.63. The fourth-order valence-electron chi connectivity index (χ4n) is 2.88. The first-order valence-corrected chi connectivity index (χ1v) is 7.18. The highest BCUT2D eigenvalue weighted by Gasteiger charge is 2.20. The molecule has 0 aliphatic heterocycles. The van der Waals surface area contributed by atoms with E-state index in [0.717, 1.165) is 41.8 Å². The van der Waals surface area contributed by atoms with E-state index in [4.69, 9.17) is 13.6 Å². The van der Waals surface area contributed by atoms with Crippen molar-refractivity contribution in [3.8, 4) is 0 Å². The van der Waals surface area contributed by atoms with E-state index in [2.05, 4.69) is 15.3 Å². The van der Waals surface area contributed by atoms with Gasteiger partial charge in [-0.3, -0.25) is 0 Å². The number of rotatable bonds is 2. The lowest BCUT2D eigenvalue weighted by Gasteiger charge is -2.28. The van der Waals surface area contributed by atoms with Gasteiger partial charge < -0.3 is 11.1 Å². The zero-order valence-corrected chi connectivity index (χ0v) is 11.8. The third-order valence-corrected chi connectivity index (χ3v) is 3.96. The second kappa shape index (κ2) is 5.41. The van der Waals surface area contributed by atoms with Crippen molar-refractivity contribution in [3.05, 3.63) is 23.9 Å². The van der Waals surface area contributed by atoms with E-state index in [9.17, 15) is 0 Å². The highest BCUT2D eigenvalue weighted by molar-refractivity contribution is 6.38. The van der Waals surface area contributed by atoms with E-state index in [1.54, 1.807) is 0 Å². The first-order chi connectivity index (χ1) is 9.63. The van der Waals surface area contributed by atoms with Gasteiger partial charge in [-0.15, -0.1) is 0 Å². The van der Waals surface area contributed by atoms with Gasteiger partial charge >= 0.3 is 0 Å². The summed E-state index contributed by atoms with van der Waals surface area (Å²) >= 11 is 0. The highest BCUT2D eigenvalue weighted by atomic mass is 15.0. The summed E-state index contributed by atoms with van der Waals surface area (Å²) in [4.78, 5) is 9.24. The fraction of sp³-hybridized carbons (Fsp3) is 0.467. The molecular formula is C15H19BN4. The fourth-order valence-corrected chi connectivity index (χ4v) is 2.88. The Bertz CT molecular complexity index is 629. The predicted octanol–water partition coefficient (Wildman–Crippen LogP) is 1.41. The van der Waals surface area contributed by atoms with Gasteiger partial charge in [-0.1, -0.05) is 17.6 Å². The van der Waals surface area contributed by atoms with Crippen LogP contribution < -0.4 is 16.5 Å². The Hall–Kier alpha value is -1.62. The van der Waals surface area contributed by atoms with Crippen LogP contribution in [0.4, 0.5) is 5.82 Å². The number of hydrogen-bond donors (Lipinski definition) is 2. The lowest BCUT2D eigenvalue weighted by molar-refractivity contribution is 0.409. The standard InChI is InChI=1S/C15H19BN4/c1-9-15(19-11-5-2-4-10(17)8-11)20-14-12(16)6-3-7-13(14)18-9/h3,6-7,10-11H,2,4-5,8,17H2,1H3,(H,19,20). The molecular weight excluding hydrogens is 247 g/mol. The molecule has 0 spiro atoms. The van der Waals surface area contributed by atoms with Gasteiger partial charge in [-0.05, 0) is 38.7 Å². The van der Waals surface area contributed by atoms with Gasteiger partial charge in [0.15, 0.2) is 0 Å². The van der Waals surface area contributed by atoms with Crippen LogP contribution in [0.25, 0.3) is 11.0 Å². The maximum atomic E-state index is 6.04. The van der Waals surface area contributed by atoms with Gasteiger partial charge in [-0.2, -0.15) is 0 Å². The van der Waals surface area contributed by atoms with Crippen LogP contribution in [-0.4, -0.2) is 29.9 Å². The molecule has 0 amide bonds. The smallest absolute Gasteiger partial charge is 0.148 e. The molecule has 2 radical (unpaired) electrons. The summed E-state index contributed by atoms with van der Waals surface area (Å²) in [7, 11) is 5.98. The Morgan fingerprint density at radius 1 is 1.30 bits per heavy atom. The third-order valence-electron chi connectivity index (χ3n) is 3.96. The topological polar surface area (TPSA) is 63.8 Å². The summed E-state index contributed by atoms with van der Waals surface area (Å²) in [6, 6.07) is 6.37. The first kappa shape index (κ1) is 13.4. The van der Waals surface area contributed by atoms with Crippen molar-refractivity contribution < 1.29 is 0 Å². The van der Waals surface area contributed by atoms with Crippen LogP contribution in [0.2, 0.25) is 0 Å². The zero-order chi connectivity index (χ0) is 14.1. The number of para-hydroxylation sites is 1. The van der Waals surface area contributed by atoms with Gasteiger partial charge in [0.05, 0.1) is 16.7 Å². The molecule has 1 heterocycles. The molecule has 3 N–H and O–H groups in total. The molecule has 1 aliphatic rings. The van der Waals surface area contributed by atoms with Crippen LogP contribution in [0.5, 0.6) is 0 Å². The summed E-state index contributed by atoms with van der Waals surface area (Å²) in [5, 5.41) is 3.49. The Morgan fingerprint density at radius 3 is 2.95 bits per heavy atom. The molecule has 20 heavy (non-hydrogen) atoms. The molecule has 2 unspecified atom stereocenters. The van der Waals surface area contributed by atoms with E-state index in [1.165, 1.54) is 6.42 Å². The van der Waals surface area contributed by atoms with E-state index in [-0.39, 0.29) is 0 Å². The van der Waals surface area contributed by atoms with Gasteiger partial charge in [0.2, 0.25) is 0 Å². The van der Waals surface area contributed by atoms with Crippen LogP contribution in [0.3, 0.4) is 0 Å². The Labute approximate surface area is 120 Å². The number of nitrogens with one attached hydrogen (secondary N) is 1. The number of hydrogen-bond acceptors (Lipinski definition) is 4. The van der Waals surface area contributed by atoms with Crippen LogP contribution in [0, 0.1) is 6.92 Å². The molecule has 1 fully saturated rings. The number of benzene rings is 1. The number of nitrogens with two attached hydrogens (primary N) is 1. The van der Waals surface area contributed by atoms with Crippen molar-refractivity contribution in [3.63, 3.8) is 0 Å². The SMILES string of the molecule is [B]c1cccc2nc(C)c(NC3CCCC(N)C3)nc12. The summed E-state index contributed by atoms with van der Waals surface area (Å²) in [5.41, 5.74) is 9.21. The molecule has 1 aromatic carbocycles. The van der Waals surface area contributed by atoms with Crippen molar-refractivity contribution >= 4 is 30.2 Å². The maximum Gasteiger partial charge on any atom is 0.148 e. The van der Waals surface area contributed by atoms with Crippen molar-refractivity contribution in [2.75, 3.05) is 5.32 Å². The maximum absolute atomic E-state index is 6.04. The molecule has 102 valence electrons. The molecule has 0 saturated heterocycles. The number of nitrogens with zero attached hydrogens (tertiary/aromatic N) is 2. The van der Waals surface area contributed by atoms with Crippen LogP contribution in [-0.2, 0) is 0 Å². The van der Waals surface area contributed by atoms with Crippen LogP contribution in [0.15, 0.2) is 18.2 Å². The van der Waals surface area contributed by atoms with Crippen LogP contribution in [0.1, 0.15) is 31.4 Å². The molecule has 2 aromatic rings. The molecule has 3 rings (SSSR count). The Kier molecular flexibility index (Phi) is 3.61. The minimum atomic E-state index is 0.292.